The Hall–Kier alpha value is -1.03. The van der Waals surface area contributed by atoms with Gasteiger partial charge in [0.15, 0.2) is 0 Å². The summed E-state index contributed by atoms with van der Waals surface area (Å²) in [6.07, 6.45) is 4.80. The van der Waals surface area contributed by atoms with Crippen molar-refractivity contribution in [2.24, 2.45) is 5.41 Å². The molecule has 0 aromatic heterocycles. The molecule has 0 amide bonds. The van der Waals surface area contributed by atoms with E-state index in [1.165, 1.54) is 23.2 Å². The molecule has 1 unspecified atom stereocenters. The van der Waals surface area contributed by atoms with Gasteiger partial charge in [-0.15, -0.1) is 0 Å². The summed E-state index contributed by atoms with van der Waals surface area (Å²) in [5.41, 5.74) is 4.20. The smallest absolute Gasteiger partial charge is 0.0720 e. The second-order valence-corrected chi connectivity index (χ2v) is 10.6. The molecule has 2 nitrogen and oxygen atoms in total. The maximum atomic E-state index is 6.34. The molecule has 150 valence electrons. The molecule has 0 bridgehead atoms. The predicted molar refractivity (Wildman–Crippen MR) is 121 cm³/mol. The number of hydrogen-bond acceptors (Lipinski definition) is 2. The number of hydrogen-bond donors (Lipinski definition) is 0. The number of ether oxygens (including phenoxy) is 1. The van der Waals surface area contributed by atoms with Crippen molar-refractivity contribution >= 4 is 33.2 Å². The van der Waals surface area contributed by atoms with Crippen LogP contribution in [-0.4, -0.2) is 18.2 Å². The Morgan fingerprint density at radius 2 is 1.86 bits per heavy atom. The van der Waals surface area contributed by atoms with E-state index in [-0.39, 0.29) is 5.41 Å². The fraction of sp³-hybridized carbons (Fsp3) is 0.500. The summed E-state index contributed by atoms with van der Waals surface area (Å²) >= 11 is 10.1. The maximum absolute atomic E-state index is 6.34. The van der Waals surface area contributed by atoms with Crippen LogP contribution in [0.5, 0.6) is 0 Å². The maximum Gasteiger partial charge on any atom is 0.0720 e. The van der Waals surface area contributed by atoms with E-state index in [2.05, 4.69) is 71.9 Å². The standard InChI is InChI=1S/C24H29BrClNO/c1-24(2,3)22-10-9-17-11-18(26)12-21(25)23(17)27(22)19-13-20(14-19)28-15-16-7-5-4-6-8-16/h4-8,11-12,19-20,22H,9-10,13-15H2,1-3H3/t19-,20+,22?. The van der Waals surface area contributed by atoms with Gasteiger partial charge in [-0.3, -0.25) is 0 Å². The molecule has 1 aliphatic carbocycles. The minimum absolute atomic E-state index is 0.229. The Balaban J connectivity index is 1.50. The highest BCUT2D eigenvalue weighted by Gasteiger charge is 2.44. The molecule has 2 aromatic rings. The third kappa shape index (κ3) is 4.13. The first-order valence-corrected chi connectivity index (χ1v) is 11.4. The van der Waals surface area contributed by atoms with Crippen molar-refractivity contribution in [3.8, 4) is 0 Å². The van der Waals surface area contributed by atoms with Crippen LogP contribution in [0.2, 0.25) is 5.02 Å². The molecule has 2 aliphatic rings. The molecule has 1 atom stereocenters. The van der Waals surface area contributed by atoms with Gasteiger partial charge in [-0.25, -0.2) is 0 Å². The van der Waals surface area contributed by atoms with Crippen LogP contribution < -0.4 is 4.90 Å². The topological polar surface area (TPSA) is 12.5 Å². The largest absolute Gasteiger partial charge is 0.373 e. The minimum atomic E-state index is 0.229. The van der Waals surface area contributed by atoms with E-state index < -0.39 is 0 Å². The molecule has 0 radical (unpaired) electrons. The molecule has 0 saturated heterocycles. The van der Waals surface area contributed by atoms with Crippen molar-refractivity contribution < 1.29 is 4.74 Å². The molecule has 2 aromatic carbocycles. The molecule has 1 heterocycles. The SMILES string of the molecule is CC(C)(C)C1CCc2cc(Cl)cc(Br)c2N1[C@H]1C[C@@H](OCc2ccccc2)C1. The van der Waals surface area contributed by atoms with Crippen LogP contribution in [-0.2, 0) is 17.8 Å². The first-order chi connectivity index (χ1) is 13.3. The Labute approximate surface area is 182 Å². The van der Waals surface area contributed by atoms with Gasteiger partial charge in [0.25, 0.3) is 0 Å². The zero-order valence-corrected chi connectivity index (χ0v) is 19.3. The number of halogens is 2. The van der Waals surface area contributed by atoms with Gasteiger partial charge in [0.2, 0.25) is 0 Å². The van der Waals surface area contributed by atoms with E-state index in [4.69, 9.17) is 16.3 Å². The van der Waals surface area contributed by atoms with Gasteiger partial charge in [-0.05, 0) is 70.3 Å². The van der Waals surface area contributed by atoms with Crippen LogP contribution >= 0.6 is 27.5 Å². The van der Waals surface area contributed by atoms with Crippen LogP contribution in [0.3, 0.4) is 0 Å². The number of nitrogens with zero attached hydrogens (tertiary/aromatic N) is 1. The van der Waals surface area contributed by atoms with Crippen LogP contribution in [0, 0.1) is 5.41 Å². The third-order valence-electron chi connectivity index (χ3n) is 6.18. The fourth-order valence-electron chi connectivity index (χ4n) is 4.66. The molecular weight excluding hydrogens is 434 g/mol. The van der Waals surface area contributed by atoms with Gasteiger partial charge in [-0.1, -0.05) is 62.7 Å². The Bertz CT molecular complexity index is 826. The molecule has 0 N–H and O–H groups in total. The van der Waals surface area contributed by atoms with Gasteiger partial charge in [-0.2, -0.15) is 0 Å². The number of rotatable bonds is 4. The Morgan fingerprint density at radius 1 is 1.14 bits per heavy atom. The van der Waals surface area contributed by atoms with Crippen LogP contribution in [0.15, 0.2) is 46.9 Å². The number of fused-ring (bicyclic) bond motifs is 1. The number of aryl methyl sites for hydroxylation is 1. The lowest BCUT2D eigenvalue weighted by atomic mass is 9.75. The lowest BCUT2D eigenvalue weighted by Crippen LogP contribution is -2.57. The third-order valence-corrected chi connectivity index (χ3v) is 7.00. The summed E-state index contributed by atoms with van der Waals surface area (Å²) in [5, 5.41) is 0.817. The molecule has 1 aliphatic heterocycles. The van der Waals surface area contributed by atoms with E-state index in [1.807, 2.05) is 12.1 Å². The lowest BCUT2D eigenvalue weighted by Gasteiger charge is -2.54. The quantitative estimate of drug-likeness (QED) is 0.484. The van der Waals surface area contributed by atoms with E-state index in [0.717, 1.165) is 28.8 Å². The second kappa shape index (κ2) is 8.01. The van der Waals surface area contributed by atoms with Gasteiger partial charge in [0.05, 0.1) is 18.4 Å². The highest BCUT2D eigenvalue weighted by atomic mass is 79.9. The van der Waals surface area contributed by atoms with Gasteiger partial charge < -0.3 is 9.64 Å². The van der Waals surface area contributed by atoms with Crippen molar-refractivity contribution in [1.82, 2.24) is 0 Å². The van der Waals surface area contributed by atoms with Gasteiger partial charge in [0.1, 0.15) is 0 Å². The second-order valence-electron chi connectivity index (χ2n) is 9.27. The molecule has 4 rings (SSSR count). The lowest BCUT2D eigenvalue weighted by molar-refractivity contribution is -0.0243. The molecule has 0 spiro atoms. The molecule has 1 fully saturated rings. The predicted octanol–water partition coefficient (Wildman–Crippen LogP) is 7.02. The summed E-state index contributed by atoms with van der Waals surface area (Å²) in [5.74, 6) is 0. The van der Waals surface area contributed by atoms with E-state index >= 15 is 0 Å². The molecule has 1 saturated carbocycles. The van der Waals surface area contributed by atoms with Crippen LogP contribution in [0.4, 0.5) is 5.69 Å². The highest BCUT2D eigenvalue weighted by Crippen LogP contribution is 2.47. The average Bonchev–Trinajstić information content (AvgIpc) is 2.59. The Kier molecular flexibility index (Phi) is 5.79. The molecule has 4 heteroatoms. The van der Waals surface area contributed by atoms with Crippen molar-refractivity contribution in [3.63, 3.8) is 0 Å². The van der Waals surface area contributed by atoms with E-state index in [1.54, 1.807) is 0 Å². The monoisotopic (exact) mass is 461 g/mol. The first-order valence-electron chi connectivity index (χ1n) is 10.2. The fourth-order valence-corrected chi connectivity index (χ4v) is 5.74. The molecular formula is C24H29BrClNO. The highest BCUT2D eigenvalue weighted by molar-refractivity contribution is 9.10. The van der Waals surface area contributed by atoms with Gasteiger partial charge in [0, 0.05) is 21.6 Å². The average molecular weight is 463 g/mol. The van der Waals surface area contributed by atoms with Crippen LogP contribution in [0.25, 0.3) is 0 Å². The summed E-state index contributed by atoms with van der Waals surface area (Å²) in [6.45, 7) is 7.79. The summed E-state index contributed by atoms with van der Waals surface area (Å²) in [4.78, 5) is 2.68. The van der Waals surface area contributed by atoms with Crippen molar-refractivity contribution in [2.75, 3.05) is 4.90 Å². The van der Waals surface area contributed by atoms with Crippen molar-refractivity contribution in [1.29, 1.82) is 0 Å². The molecule has 28 heavy (non-hydrogen) atoms. The van der Waals surface area contributed by atoms with Crippen molar-refractivity contribution in [2.45, 2.75) is 71.2 Å². The summed E-state index contributed by atoms with van der Waals surface area (Å²) in [7, 11) is 0. The summed E-state index contributed by atoms with van der Waals surface area (Å²) in [6, 6.07) is 15.7. The van der Waals surface area contributed by atoms with E-state index in [0.29, 0.717) is 24.8 Å². The van der Waals surface area contributed by atoms with E-state index in [9.17, 15) is 0 Å². The normalized spacial score (nSPS) is 24.6. The van der Waals surface area contributed by atoms with Crippen molar-refractivity contribution in [3.05, 3.63) is 63.1 Å². The zero-order valence-electron chi connectivity index (χ0n) is 16.9. The number of benzene rings is 2. The minimum Gasteiger partial charge on any atom is -0.373 e. The first kappa shape index (κ1) is 20.3. The van der Waals surface area contributed by atoms with Gasteiger partial charge >= 0.3 is 0 Å². The zero-order chi connectivity index (χ0) is 19.9. The Morgan fingerprint density at radius 3 is 2.54 bits per heavy atom. The van der Waals surface area contributed by atoms with Crippen LogP contribution in [0.1, 0.15) is 51.2 Å². The number of anilines is 1. The summed E-state index contributed by atoms with van der Waals surface area (Å²) < 4.78 is 7.31.